The van der Waals surface area contributed by atoms with E-state index in [4.69, 9.17) is 0 Å². The number of rotatable bonds is 8. The number of halogens is 1. The van der Waals surface area contributed by atoms with Gasteiger partial charge in [0.05, 0.1) is 11.1 Å². The molecule has 1 aromatic rings. The van der Waals surface area contributed by atoms with E-state index in [9.17, 15) is 9.59 Å². The van der Waals surface area contributed by atoms with Crippen LogP contribution in [0.15, 0.2) is 29.3 Å². The van der Waals surface area contributed by atoms with Crippen molar-refractivity contribution < 1.29 is 9.59 Å². The maximum Gasteiger partial charge on any atom is 0.261 e. The van der Waals surface area contributed by atoms with Crippen molar-refractivity contribution >= 4 is 41.8 Å². The van der Waals surface area contributed by atoms with Gasteiger partial charge in [0.1, 0.15) is 0 Å². The van der Waals surface area contributed by atoms with Gasteiger partial charge in [-0.3, -0.25) is 19.5 Å². The quantitative estimate of drug-likeness (QED) is 0.207. The number of nitrogens with one attached hydrogen (secondary N) is 2. The van der Waals surface area contributed by atoms with Gasteiger partial charge in [-0.15, -0.1) is 24.0 Å². The van der Waals surface area contributed by atoms with Gasteiger partial charge in [-0.05, 0) is 38.3 Å². The van der Waals surface area contributed by atoms with E-state index in [2.05, 4.69) is 22.5 Å². The van der Waals surface area contributed by atoms with Gasteiger partial charge >= 0.3 is 0 Å². The number of unbranched alkanes of at least 4 members (excludes halogenated alkanes) is 1. The Morgan fingerprint density at radius 1 is 1.04 bits per heavy atom. The minimum absolute atomic E-state index is 0. The Balaban J connectivity index is 0.00000312. The lowest BCUT2D eigenvalue weighted by molar-refractivity contribution is 0.0652. The summed E-state index contributed by atoms with van der Waals surface area (Å²) in [6.45, 7) is 6.96. The summed E-state index contributed by atoms with van der Waals surface area (Å²) in [7, 11) is 0. The number of carbonyl (C=O) groups is 2. The molecule has 1 aliphatic rings. The number of fused-ring (bicyclic) bond motifs is 1. The summed E-state index contributed by atoms with van der Waals surface area (Å²) in [6, 6.07) is 7.00. The smallest absolute Gasteiger partial charge is 0.261 e. The SMILES string of the molecule is CCCN=C(NCC)NCCCCN1C(=O)c2ccccc2C1=O.I. The zero-order valence-corrected chi connectivity index (χ0v) is 17.2. The molecule has 25 heavy (non-hydrogen) atoms. The van der Waals surface area contributed by atoms with Gasteiger partial charge in [0.2, 0.25) is 0 Å². The molecule has 0 aliphatic carbocycles. The molecule has 0 saturated carbocycles. The van der Waals surface area contributed by atoms with Crippen molar-refractivity contribution in [2.75, 3.05) is 26.2 Å². The fraction of sp³-hybridized carbons (Fsp3) is 0.500. The number of nitrogens with zero attached hydrogens (tertiary/aromatic N) is 2. The van der Waals surface area contributed by atoms with Crippen LogP contribution in [0, 0.1) is 0 Å². The topological polar surface area (TPSA) is 73.8 Å². The molecule has 1 heterocycles. The van der Waals surface area contributed by atoms with Crippen molar-refractivity contribution in [1.29, 1.82) is 0 Å². The predicted molar refractivity (Wildman–Crippen MR) is 111 cm³/mol. The fourth-order valence-electron chi connectivity index (χ4n) is 2.61. The zero-order valence-electron chi connectivity index (χ0n) is 14.9. The average molecular weight is 458 g/mol. The van der Waals surface area contributed by atoms with E-state index in [-0.39, 0.29) is 35.8 Å². The van der Waals surface area contributed by atoms with Crippen LogP contribution < -0.4 is 10.6 Å². The Kier molecular flexibility index (Phi) is 9.48. The molecule has 2 amide bonds. The van der Waals surface area contributed by atoms with Crippen molar-refractivity contribution in [3.05, 3.63) is 35.4 Å². The van der Waals surface area contributed by atoms with Gasteiger partial charge in [-0.25, -0.2) is 0 Å². The zero-order chi connectivity index (χ0) is 17.4. The third-order valence-electron chi connectivity index (χ3n) is 3.82. The van der Waals surface area contributed by atoms with Gasteiger partial charge in [-0.2, -0.15) is 0 Å². The summed E-state index contributed by atoms with van der Waals surface area (Å²) in [5.41, 5.74) is 1.03. The van der Waals surface area contributed by atoms with Crippen LogP contribution >= 0.6 is 24.0 Å². The minimum atomic E-state index is -0.179. The molecule has 0 unspecified atom stereocenters. The van der Waals surface area contributed by atoms with Crippen molar-refractivity contribution in [2.24, 2.45) is 4.99 Å². The first-order chi connectivity index (χ1) is 11.7. The number of benzene rings is 1. The molecule has 0 aromatic heterocycles. The molecule has 138 valence electrons. The molecule has 1 aliphatic heterocycles. The first kappa shape index (κ1) is 21.4. The minimum Gasteiger partial charge on any atom is -0.357 e. The second kappa shape index (κ2) is 11.1. The molecule has 2 N–H and O–H groups in total. The first-order valence-corrected chi connectivity index (χ1v) is 8.66. The van der Waals surface area contributed by atoms with Crippen molar-refractivity contribution in [1.82, 2.24) is 15.5 Å². The molecule has 2 rings (SSSR count). The number of imide groups is 1. The summed E-state index contributed by atoms with van der Waals surface area (Å²) >= 11 is 0. The van der Waals surface area contributed by atoms with E-state index in [0.29, 0.717) is 17.7 Å². The van der Waals surface area contributed by atoms with Gasteiger partial charge < -0.3 is 10.6 Å². The molecule has 0 bridgehead atoms. The van der Waals surface area contributed by atoms with Crippen molar-refractivity contribution in [3.8, 4) is 0 Å². The summed E-state index contributed by atoms with van der Waals surface area (Å²) in [5, 5.41) is 6.47. The number of guanidine groups is 1. The molecule has 0 saturated heterocycles. The molecular weight excluding hydrogens is 431 g/mol. The van der Waals surface area contributed by atoms with Gasteiger partial charge in [0.25, 0.3) is 11.8 Å². The Bertz CT molecular complexity index is 584. The number of aliphatic imine (C=N–C) groups is 1. The highest BCUT2D eigenvalue weighted by Crippen LogP contribution is 2.22. The lowest BCUT2D eigenvalue weighted by Crippen LogP contribution is -2.38. The Morgan fingerprint density at radius 2 is 1.68 bits per heavy atom. The second-order valence-electron chi connectivity index (χ2n) is 5.70. The highest BCUT2D eigenvalue weighted by atomic mass is 127. The van der Waals surface area contributed by atoms with E-state index in [1.54, 1.807) is 24.3 Å². The molecule has 6 nitrogen and oxygen atoms in total. The van der Waals surface area contributed by atoms with Gasteiger partial charge in [0, 0.05) is 26.2 Å². The highest BCUT2D eigenvalue weighted by Gasteiger charge is 2.34. The predicted octanol–water partition coefficient (Wildman–Crippen LogP) is 2.65. The number of carbonyl (C=O) groups excluding carboxylic acids is 2. The lowest BCUT2D eigenvalue weighted by Gasteiger charge is -2.14. The normalized spacial score (nSPS) is 13.5. The Hall–Kier alpha value is -1.64. The van der Waals surface area contributed by atoms with Crippen molar-refractivity contribution in [2.45, 2.75) is 33.1 Å². The lowest BCUT2D eigenvalue weighted by atomic mass is 10.1. The standard InChI is InChI=1S/C18H26N4O2.HI/c1-3-11-20-18(19-4-2)21-12-7-8-13-22-16(23)14-9-5-6-10-15(14)17(22)24;/h5-6,9-10H,3-4,7-8,11-13H2,1-2H3,(H2,19,20,21);1H. The molecule has 0 fully saturated rings. The van der Waals surface area contributed by atoms with Crippen LogP contribution in [-0.4, -0.2) is 48.9 Å². The summed E-state index contributed by atoms with van der Waals surface area (Å²) < 4.78 is 0. The van der Waals surface area contributed by atoms with Crippen LogP contribution in [0.5, 0.6) is 0 Å². The van der Waals surface area contributed by atoms with E-state index in [1.165, 1.54) is 4.90 Å². The first-order valence-electron chi connectivity index (χ1n) is 8.66. The number of amides is 2. The molecule has 1 aromatic carbocycles. The van der Waals surface area contributed by atoms with Crippen LogP contribution in [0.3, 0.4) is 0 Å². The van der Waals surface area contributed by atoms with E-state index in [1.807, 2.05) is 6.92 Å². The van der Waals surface area contributed by atoms with Crippen LogP contribution in [0.1, 0.15) is 53.8 Å². The third kappa shape index (κ3) is 5.69. The van der Waals surface area contributed by atoms with Crippen LogP contribution in [0.25, 0.3) is 0 Å². The van der Waals surface area contributed by atoms with Crippen LogP contribution in [0.4, 0.5) is 0 Å². The number of hydrogen-bond donors (Lipinski definition) is 2. The van der Waals surface area contributed by atoms with Crippen LogP contribution in [-0.2, 0) is 0 Å². The molecule has 7 heteroatoms. The molecular formula is C18H27IN4O2. The highest BCUT2D eigenvalue weighted by molar-refractivity contribution is 14.0. The van der Waals surface area contributed by atoms with Crippen molar-refractivity contribution in [3.63, 3.8) is 0 Å². The number of hydrogen-bond acceptors (Lipinski definition) is 3. The Morgan fingerprint density at radius 3 is 2.24 bits per heavy atom. The van der Waals surface area contributed by atoms with E-state index >= 15 is 0 Å². The monoisotopic (exact) mass is 458 g/mol. The summed E-state index contributed by atoms with van der Waals surface area (Å²) in [6.07, 6.45) is 2.64. The second-order valence-corrected chi connectivity index (χ2v) is 5.70. The molecule has 0 radical (unpaired) electrons. The molecule has 0 spiro atoms. The van der Waals surface area contributed by atoms with Gasteiger partial charge in [0.15, 0.2) is 5.96 Å². The summed E-state index contributed by atoms with van der Waals surface area (Å²) in [4.78, 5) is 30.3. The average Bonchev–Trinajstić information content (AvgIpc) is 2.84. The van der Waals surface area contributed by atoms with E-state index in [0.717, 1.165) is 44.9 Å². The van der Waals surface area contributed by atoms with E-state index < -0.39 is 0 Å². The summed E-state index contributed by atoms with van der Waals surface area (Å²) in [5.74, 6) is 0.461. The largest absolute Gasteiger partial charge is 0.357 e. The molecule has 0 atom stereocenters. The Labute approximate surface area is 166 Å². The fourth-order valence-corrected chi connectivity index (χ4v) is 2.61. The van der Waals surface area contributed by atoms with Crippen LogP contribution in [0.2, 0.25) is 0 Å². The third-order valence-corrected chi connectivity index (χ3v) is 3.82. The maximum absolute atomic E-state index is 12.2. The van der Waals surface area contributed by atoms with Gasteiger partial charge in [-0.1, -0.05) is 19.1 Å². The maximum atomic E-state index is 12.2.